The fraction of sp³-hybridized carbons (Fsp3) is 0.308. The maximum atomic E-state index is 12.4. The van der Waals surface area contributed by atoms with Crippen molar-refractivity contribution in [2.45, 2.75) is 12.8 Å². The molecule has 1 aliphatic heterocycles. The van der Waals surface area contributed by atoms with Gasteiger partial charge in [-0.1, -0.05) is 17.4 Å². The van der Waals surface area contributed by atoms with Crippen molar-refractivity contribution in [1.82, 2.24) is 10.2 Å². The molecule has 0 atom stereocenters. The van der Waals surface area contributed by atoms with E-state index in [-0.39, 0.29) is 16.2 Å². The van der Waals surface area contributed by atoms with Gasteiger partial charge in [-0.3, -0.25) is 14.8 Å². The van der Waals surface area contributed by atoms with Crippen LogP contribution in [0.1, 0.15) is 22.3 Å². The number of fused-ring (bicyclic) bond motifs is 1. The average Bonchev–Trinajstić information content (AvgIpc) is 2.91. The lowest BCUT2D eigenvalue weighted by Crippen LogP contribution is -2.19. The third-order valence-electron chi connectivity index (χ3n) is 3.26. The maximum absolute atomic E-state index is 12.4. The monoisotopic (exact) mass is 353 g/mol. The van der Waals surface area contributed by atoms with Crippen molar-refractivity contribution in [3.63, 3.8) is 0 Å². The number of amides is 1. The highest BCUT2D eigenvalue weighted by molar-refractivity contribution is 7.92. The Bertz CT molecular complexity index is 847. The van der Waals surface area contributed by atoms with Crippen LogP contribution in [0.3, 0.4) is 0 Å². The second-order valence-electron chi connectivity index (χ2n) is 5.10. The normalized spacial score (nSPS) is 13.8. The van der Waals surface area contributed by atoms with Gasteiger partial charge in [0.1, 0.15) is 0 Å². The van der Waals surface area contributed by atoms with Crippen molar-refractivity contribution in [1.29, 1.82) is 0 Å². The molecule has 3 rings (SSSR count). The van der Waals surface area contributed by atoms with Crippen LogP contribution in [0.4, 0.5) is 16.0 Å². The Morgan fingerprint density at radius 3 is 2.87 bits per heavy atom. The Hall–Kier alpha value is -2.20. The van der Waals surface area contributed by atoms with Gasteiger partial charge in [-0.2, -0.15) is 0 Å². The quantitative estimate of drug-likeness (QED) is 0.768. The van der Waals surface area contributed by atoms with Crippen molar-refractivity contribution in [2.24, 2.45) is 0 Å². The van der Waals surface area contributed by atoms with E-state index in [1.165, 1.54) is 0 Å². The maximum Gasteiger partial charge on any atom is 0.257 e. The van der Waals surface area contributed by atoms with Gasteiger partial charge >= 0.3 is 0 Å². The number of hydrogen-bond donors (Lipinski definition) is 3. The third kappa shape index (κ3) is 3.77. The highest BCUT2D eigenvalue weighted by atomic mass is 32.2. The molecule has 3 N–H and O–H groups in total. The summed E-state index contributed by atoms with van der Waals surface area (Å²) in [5.41, 5.74) is 2.54. The van der Waals surface area contributed by atoms with Gasteiger partial charge in [0.2, 0.25) is 20.3 Å². The Kier molecular flexibility index (Phi) is 4.18. The zero-order chi connectivity index (χ0) is 16.4. The molecule has 2 aromatic rings. The molecule has 122 valence electrons. The van der Waals surface area contributed by atoms with Crippen molar-refractivity contribution >= 4 is 43.2 Å². The fourth-order valence-electron chi connectivity index (χ4n) is 2.36. The first-order valence-electron chi connectivity index (χ1n) is 6.91. The van der Waals surface area contributed by atoms with Gasteiger partial charge in [0.15, 0.2) is 0 Å². The molecule has 23 heavy (non-hydrogen) atoms. The molecule has 0 aliphatic carbocycles. The molecule has 0 saturated heterocycles. The minimum Gasteiger partial charge on any atom is -0.385 e. The molecule has 0 fully saturated rings. The number of nitrogens with zero attached hydrogens (tertiary/aromatic N) is 2. The number of sulfonamides is 1. The third-order valence-corrected chi connectivity index (χ3v) is 4.71. The summed E-state index contributed by atoms with van der Waals surface area (Å²) in [7, 11) is -3.42. The van der Waals surface area contributed by atoms with E-state index in [2.05, 4.69) is 25.6 Å². The van der Waals surface area contributed by atoms with Crippen LogP contribution in [0, 0.1) is 0 Å². The van der Waals surface area contributed by atoms with Gasteiger partial charge in [0.05, 0.1) is 6.26 Å². The molecule has 10 heteroatoms. The Labute approximate surface area is 137 Å². The average molecular weight is 353 g/mol. The van der Waals surface area contributed by atoms with Crippen LogP contribution in [0.15, 0.2) is 18.2 Å². The van der Waals surface area contributed by atoms with Crippen molar-refractivity contribution in [2.75, 3.05) is 28.2 Å². The van der Waals surface area contributed by atoms with Gasteiger partial charge in [0.25, 0.3) is 5.91 Å². The van der Waals surface area contributed by atoms with Crippen molar-refractivity contribution in [3.05, 3.63) is 29.3 Å². The number of carbonyl (C=O) groups excluding carboxylic acids is 1. The van der Waals surface area contributed by atoms with Gasteiger partial charge in [-0.25, -0.2) is 8.42 Å². The smallest absolute Gasteiger partial charge is 0.257 e. The molecule has 8 nitrogen and oxygen atoms in total. The molecule has 0 unspecified atom stereocenters. The summed E-state index contributed by atoms with van der Waals surface area (Å²) in [6, 6.07) is 5.53. The van der Waals surface area contributed by atoms with Crippen molar-refractivity contribution < 1.29 is 13.2 Å². The molecule has 1 aromatic heterocycles. The largest absolute Gasteiger partial charge is 0.385 e. The number of aromatic nitrogens is 2. The molecule has 1 aromatic carbocycles. The first kappa shape index (κ1) is 15.7. The van der Waals surface area contributed by atoms with Crippen LogP contribution >= 0.6 is 11.3 Å². The molecule has 0 bridgehead atoms. The van der Waals surface area contributed by atoms with E-state index in [1.54, 1.807) is 6.07 Å². The van der Waals surface area contributed by atoms with E-state index < -0.39 is 10.0 Å². The summed E-state index contributed by atoms with van der Waals surface area (Å²) in [4.78, 5) is 12.4. The van der Waals surface area contributed by atoms with Crippen LogP contribution in [0.2, 0.25) is 0 Å². The lowest BCUT2D eigenvalue weighted by atomic mass is 9.97. The summed E-state index contributed by atoms with van der Waals surface area (Å²) in [5.74, 6) is -0.285. The highest BCUT2D eigenvalue weighted by Gasteiger charge is 2.18. The zero-order valence-corrected chi connectivity index (χ0v) is 13.9. The number of hydrogen-bond acceptors (Lipinski definition) is 7. The summed E-state index contributed by atoms with van der Waals surface area (Å²) >= 11 is 0.960. The summed E-state index contributed by atoms with van der Waals surface area (Å²) in [6.45, 7) is 0.898. The Morgan fingerprint density at radius 1 is 1.30 bits per heavy atom. The Morgan fingerprint density at radius 2 is 2.09 bits per heavy atom. The predicted octanol–water partition coefficient (Wildman–Crippen LogP) is 1.52. The number of anilines is 3. The number of benzene rings is 1. The van der Waals surface area contributed by atoms with Gasteiger partial charge < -0.3 is 5.32 Å². The van der Waals surface area contributed by atoms with E-state index >= 15 is 0 Å². The molecule has 1 aliphatic rings. The molecule has 0 spiro atoms. The van der Waals surface area contributed by atoms with E-state index in [0.29, 0.717) is 5.56 Å². The number of carbonyl (C=O) groups is 1. The van der Waals surface area contributed by atoms with Crippen LogP contribution in [-0.4, -0.2) is 37.3 Å². The van der Waals surface area contributed by atoms with Crippen LogP contribution in [0.25, 0.3) is 0 Å². The lowest BCUT2D eigenvalue weighted by molar-refractivity contribution is 0.102. The lowest BCUT2D eigenvalue weighted by Gasteiger charge is -2.20. The summed E-state index contributed by atoms with van der Waals surface area (Å²) < 4.78 is 24.5. The van der Waals surface area contributed by atoms with Gasteiger partial charge in [-0.05, 0) is 30.5 Å². The first-order chi connectivity index (χ1) is 10.9. The number of rotatable bonds is 4. The highest BCUT2D eigenvalue weighted by Crippen LogP contribution is 2.27. The second-order valence-corrected chi connectivity index (χ2v) is 7.83. The summed E-state index contributed by atoms with van der Waals surface area (Å²) in [5, 5.41) is 13.7. The van der Waals surface area contributed by atoms with E-state index in [1.807, 2.05) is 12.1 Å². The van der Waals surface area contributed by atoms with Crippen LogP contribution in [0.5, 0.6) is 0 Å². The fourth-order valence-corrected chi connectivity index (χ4v) is 3.83. The minimum absolute atomic E-state index is 0.111. The molecular formula is C13H15N5O3S2. The molecule has 0 radical (unpaired) electrons. The standard InChI is InChI=1S/C13H15N5O3S2/c1-23(20,21)18-13-17-16-12(22-13)15-11(19)9-4-2-6-10-8(9)5-3-7-14-10/h2,4,6,14H,3,5,7H2,1H3,(H,17,18)(H,15,16,19). The predicted molar refractivity (Wildman–Crippen MR) is 89.6 cm³/mol. The topological polar surface area (TPSA) is 113 Å². The second kappa shape index (κ2) is 6.13. The Balaban J connectivity index is 1.78. The summed E-state index contributed by atoms with van der Waals surface area (Å²) in [6.07, 6.45) is 2.83. The first-order valence-corrected chi connectivity index (χ1v) is 9.61. The van der Waals surface area contributed by atoms with Gasteiger partial charge in [0, 0.05) is 17.8 Å². The molecule has 2 heterocycles. The molecule has 1 amide bonds. The zero-order valence-electron chi connectivity index (χ0n) is 12.3. The molecule has 0 saturated carbocycles. The SMILES string of the molecule is CS(=O)(=O)Nc1nnc(NC(=O)c2cccc3c2CCCN3)s1. The molecular weight excluding hydrogens is 338 g/mol. The van der Waals surface area contributed by atoms with Crippen molar-refractivity contribution in [3.8, 4) is 0 Å². The van der Waals surface area contributed by atoms with Crippen LogP contribution < -0.4 is 15.4 Å². The van der Waals surface area contributed by atoms with E-state index in [9.17, 15) is 13.2 Å². The van der Waals surface area contributed by atoms with Gasteiger partial charge in [-0.15, -0.1) is 10.2 Å². The van der Waals surface area contributed by atoms with E-state index in [4.69, 9.17) is 0 Å². The number of nitrogens with one attached hydrogen (secondary N) is 3. The van der Waals surface area contributed by atoms with E-state index in [0.717, 1.165) is 48.2 Å². The van der Waals surface area contributed by atoms with Crippen LogP contribution in [-0.2, 0) is 16.4 Å². The minimum atomic E-state index is -3.42.